The molecule has 0 saturated heterocycles. The van der Waals surface area contributed by atoms with Crippen LogP contribution >= 0.6 is 0 Å². The zero-order chi connectivity index (χ0) is 39.9. The first-order chi connectivity index (χ1) is 26.8. The monoisotopic (exact) mass is 751 g/mol. The molecule has 0 atom stereocenters. The van der Waals surface area contributed by atoms with Gasteiger partial charge in [0, 0.05) is 43.9 Å². The number of aromatic hydroxyl groups is 1. The van der Waals surface area contributed by atoms with Crippen molar-refractivity contribution in [1.29, 1.82) is 0 Å². The van der Waals surface area contributed by atoms with Gasteiger partial charge in [0.25, 0.3) is 0 Å². The van der Waals surface area contributed by atoms with E-state index in [0.29, 0.717) is 18.8 Å². The summed E-state index contributed by atoms with van der Waals surface area (Å²) in [6, 6.07) is 31.5. The first-order valence-corrected chi connectivity index (χ1v) is 19.8. The van der Waals surface area contributed by atoms with E-state index in [1.807, 2.05) is 15.4 Å². The van der Waals surface area contributed by atoms with Crippen molar-refractivity contribution in [2.24, 2.45) is 5.41 Å². The van der Waals surface area contributed by atoms with E-state index in [-0.39, 0.29) is 22.1 Å². The Kier molecular flexibility index (Phi) is 12.6. The number of hydrogen-bond acceptors (Lipinski definition) is 6. The molecule has 1 N–H and O–H groups in total. The minimum Gasteiger partial charge on any atom is -0.503 e. The molecule has 6 rings (SSSR count). The number of allylic oxidation sites excluding steroid dienone is 6. The predicted octanol–water partition coefficient (Wildman–Crippen LogP) is 10.0. The maximum atomic E-state index is 11.9. The van der Waals surface area contributed by atoms with E-state index < -0.39 is 0 Å². The van der Waals surface area contributed by atoms with Crippen molar-refractivity contribution in [2.45, 2.75) is 85.9 Å². The summed E-state index contributed by atoms with van der Waals surface area (Å²) >= 11 is 0. The molecule has 0 fully saturated rings. The number of benzene rings is 3. The van der Waals surface area contributed by atoms with Crippen molar-refractivity contribution in [2.75, 3.05) is 20.2 Å². The predicted molar refractivity (Wildman–Crippen MR) is 228 cm³/mol. The molecule has 8 nitrogen and oxygen atoms in total. The number of aromatic nitrogens is 4. The zero-order valence-corrected chi connectivity index (χ0v) is 34.1. The highest BCUT2D eigenvalue weighted by atomic mass is 16.5. The second-order valence-electron chi connectivity index (χ2n) is 16.5. The topological polar surface area (TPSA) is 85.4 Å². The van der Waals surface area contributed by atoms with E-state index in [1.54, 1.807) is 13.1 Å². The van der Waals surface area contributed by atoms with Gasteiger partial charge in [-0.3, -0.25) is 9.69 Å². The molecular formula is C48H57N5O3. The third-order valence-electron chi connectivity index (χ3n) is 10.8. The van der Waals surface area contributed by atoms with E-state index in [2.05, 4.69) is 154 Å². The van der Waals surface area contributed by atoms with Gasteiger partial charge in [-0.05, 0) is 92.0 Å². The minimum absolute atomic E-state index is 0.153. The lowest BCUT2D eigenvalue weighted by Gasteiger charge is -2.35. The highest BCUT2D eigenvalue weighted by Gasteiger charge is 2.32. The van der Waals surface area contributed by atoms with Gasteiger partial charge in [0.2, 0.25) is 5.43 Å². The average molecular weight is 752 g/mol. The van der Waals surface area contributed by atoms with Crippen LogP contribution in [0.4, 0.5) is 0 Å². The molecule has 292 valence electrons. The Bertz CT molecular complexity index is 2240. The summed E-state index contributed by atoms with van der Waals surface area (Å²) in [4.78, 5) is 14.1. The fourth-order valence-electron chi connectivity index (χ4n) is 8.07. The molecule has 0 unspecified atom stereocenters. The Labute approximate surface area is 332 Å². The summed E-state index contributed by atoms with van der Waals surface area (Å²) in [5.74, 6) is 0.854. The molecule has 2 heterocycles. The second-order valence-corrected chi connectivity index (χ2v) is 16.5. The summed E-state index contributed by atoms with van der Waals surface area (Å²) in [6.45, 7) is 15.7. The summed E-state index contributed by atoms with van der Waals surface area (Å²) in [5.41, 5.74) is 9.46. The van der Waals surface area contributed by atoms with Crippen LogP contribution in [0.15, 0.2) is 132 Å². The normalized spacial score (nSPS) is 14.0. The first-order valence-electron chi connectivity index (χ1n) is 19.8. The Morgan fingerprint density at radius 1 is 0.893 bits per heavy atom. The molecule has 5 aromatic rings. The maximum Gasteiger partial charge on any atom is 0.223 e. The Hall–Kier alpha value is -5.47. The molecule has 1 aliphatic carbocycles. The summed E-state index contributed by atoms with van der Waals surface area (Å²) in [7, 11) is 2.13. The number of nitrogens with zero attached hydrogens (tertiary/aromatic N) is 5. The number of likely N-dealkylation sites (N-methyl/N-ethyl adjacent to an activating group) is 1. The largest absolute Gasteiger partial charge is 0.503 e. The molecule has 0 radical (unpaired) electrons. The van der Waals surface area contributed by atoms with Gasteiger partial charge in [-0.25, -0.2) is 4.68 Å². The molecule has 1 aliphatic rings. The number of pyridine rings is 1. The Morgan fingerprint density at radius 2 is 1.57 bits per heavy atom. The standard InChI is InChI=1S/C48H57N5O3/c1-8-42(37-15-11-9-12-16-37)45(39-17-13-10-14-18-39)40-23-25-41(26-24-40)56-30-29-51(7)31-36-19-21-38(22-20-36)43-32-53(50-49-43)48(5,6)33-47(3,4)34-52-28-27-44(54)46(55)35(52)2/h9-23,25,27-28,32,55H,8,24,26,29-31,33-34H2,1-7H3/b45-42-. The van der Waals surface area contributed by atoms with Crippen LogP contribution in [-0.4, -0.2) is 49.8 Å². The van der Waals surface area contributed by atoms with Crippen molar-refractivity contribution in [3.63, 3.8) is 0 Å². The molecule has 0 spiro atoms. The van der Waals surface area contributed by atoms with Gasteiger partial charge in [-0.2, -0.15) is 0 Å². The highest BCUT2D eigenvalue weighted by molar-refractivity contribution is 5.98. The lowest BCUT2D eigenvalue weighted by Crippen LogP contribution is -2.35. The van der Waals surface area contributed by atoms with Crippen LogP contribution in [0.25, 0.3) is 22.4 Å². The summed E-state index contributed by atoms with van der Waals surface area (Å²) < 4.78 is 10.2. The van der Waals surface area contributed by atoms with E-state index in [1.165, 1.54) is 39.5 Å². The average Bonchev–Trinajstić information content (AvgIpc) is 3.70. The smallest absolute Gasteiger partial charge is 0.223 e. The molecule has 56 heavy (non-hydrogen) atoms. The lowest BCUT2D eigenvalue weighted by atomic mass is 9.80. The molecule has 2 aromatic heterocycles. The van der Waals surface area contributed by atoms with Crippen molar-refractivity contribution >= 4 is 11.1 Å². The third-order valence-corrected chi connectivity index (χ3v) is 10.8. The van der Waals surface area contributed by atoms with Crippen LogP contribution in [0, 0.1) is 12.3 Å². The van der Waals surface area contributed by atoms with Crippen LogP contribution in [0.2, 0.25) is 0 Å². The van der Waals surface area contributed by atoms with Gasteiger partial charge in [0.1, 0.15) is 12.3 Å². The molecule has 8 heteroatoms. The Balaban J connectivity index is 1.02. The second kappa shape index (κ2) is 17.5. The molecule has 0 bridgehead atoms. The third kappa shape index (κ3) is 9.84. The van der Waals surface area contributed by atoms with Crippen molar-refractivity contribution in [1.82, 2.24) is 24.5 Å². The highest BCUT2D eigenvalue weighted by Crippen LogP contribution is 2.39. The molecular weight excluding hydrogens is 695 g/mol. The van der Waals surface area contributed by atoms with Crippen LogP contribution in [0.5, 0.6) is 5.75 Å². The van der Waals surface area contributed by atoms with Gasteiger partial charge in [-0.1, -0.05) is 117 Å². The molecule has 0 aliphatic heterocycles. The van der Waals surface area contributed by atoms with Crippen molar-refractivity contribution in [3.8, 4) is 17.0 Å². The van der Waals surface area contributed by atoms with Gasteiger partial charge in [0.05, 0.1) is 23.2 Å². The first kappa shape index (κ1) is 40.2. The van der Waals surface area contributed by atoms with Gasteiger partial charge < -0.3 is 14.4 Å². The fraction of sp³-hybridized carbons (Fsp3) is 0.354. The van der Waals surface area contributed by atoms with Crippen LogP contribution < -0.4 is 5.43 Å². The molecule has 0 amide bonds. The maximum absolute atomic E-state index is 11.9. The molecule has 3 aromatic carbocycles. The number of hydrogen-bond donors (Lipinski definition) is 1. The van der Waals surface area contributed by atoms with E-state index in [9.17, 15) is 9.90 Å². The SMILES string of the molecule is CC/C(=C(/C1=CC=C(OCCN(C)Cc2ccc(-c3cn(C(C)(C)CC(C)(C)Cn4ccc(=O)c(O)c4C)nn3)cc2)CC1)c1ccccc1)c1ccccc1. The van der Waals surface area contributed by atoms with Crippen molar-refractivity contribution in [3.05, 3.63) is 159 Å². The van der Waals surface area contributed by atoms with E-state index in [0.717, 1.165) is 55.8 Å². The number of rotatable bonds is 16. The van der Waals surface area contributed by atoms with Crippen molar-refractivity contribution < 1.29 is 9.84 Å². The fourth-order valence-corrected chi connectivity index (χ4v) is 8.07. The minimum atomic E-state index is -0.353. The van der Waals surface area contributed by atoms with Gasteiger partial charge in [-0.15, -0.1) is 5.10 Å². The van der Waals surface area contributed by atoms with Crippen LogP contribution in [0.1, 0.15) is 82.7 Å². The number of ether oxygens (including phenoxy) is 1. The zero-order valence-electron chi connectivity index (χ0n) is 34.1. The van der Waals surface area contributed by atoms with E-state index in [4.69, 9.17) is 4.74 Å². The van der Waals surface area contributed by atoms with E-state index >= 15 is 0 Å². The van der Waals surface area contributed by atoms with Gasteiger partial charge >= 0.3 is 0 Å². The molecule has 0 saturated carbocycles. The van der Waals surface area contributed by atoms with Gasteiger partial charge in [0.15, 0.2) is 5.75 Å². The van der Waals surface area contributed by atoms with Crippen LogP contribution in [-0.2, 0) is 23.4 Å². The Morgan fingerprint density at radius 3 is 2.21 bits per heavy atom. The summed E-state index contributed by atoms with van der Waals surface area (Å²) in [6.07, 6.45) is 11.8. The van der Waals surface area contributed by atoms with Crippen LogP contribution in [0.3, 0.4) is 0 Å². The lowest BCUT2D eigenvalue weighted by molar-refractivity contribution is 0.159. The quantitative estimate of drug-likeness (QED) is 0.101. The summed E-state index contributed by atoms with van der Waals surface area (Å²) in [5, 5.41) is 19.2.